The zero-order valence-corrected chi connectivity index (χ0v) is 16.9. The molecular weight excluding hydrogens is 386 g/mol. The Morgan fingerprint density at radius 2 is 1.41 bits per heavy atom. The molecule has 0 aliphatic carbocycles. The third kappa shape index (κ3) is 5.45. The van der Waals surface area contributed by atoms with Crippen LogP contribution >= 0.6 is 11.6 Å². The van der Waals surface area contributed by atoms with Gasteiger partial charge >= 0.3 is 5.97 Å². The molecule has 0 saturated carbocycles. The van der Waals surface area contributed by atoms with Crippen molar-refractivity contribution in [1.29, 1.82) is 0 Å². The summed E-state index contributed by atoms with van der Waals surface area (Å²) in [6, 6.07) is 25.2. The molecule has 150 valence electrons. The fourth-order valence-electron chi connectivity index (χ4n) is 3.23. The average Bonchev–Trinajstić information content (AvgIpc) is 2.76. The van der Waals surface area contributed by atoms with Crippen LogP contribution in [0.1, 0.15) is 35.8 Å². The van der Waals surface area contributed by atoms with Crippen LogP contribution in [-0.4, -0.2) is 23.7 Å². The van der Waals surface area contributed by atoms with E-state index in [4.69, 9.17) is 16.3 Å². The monoisotopic (exact) mass is 409 g/mol. The molecule has 0 fully saturated rings. The van der Waals surface area contributed by atoms with Crippen LogP contribution in [0.15, 0.2) is 84.9 Å². The lowest BCUT2D eigenvalue weighted by Crippen LogP contribution is -2.45. The van der Waals surface area contributed by atoms with Gasteiger partial charge in [0.05, 0.1) is 12.6 Å². The van der Waals surface area contributed by atoms with Crippen LogP contribution in [0.25, 0.3) is 0 Å². The number of hydrogen-bond acceptors (Lipinski definition) is 4. The van der Waals surface area contributed by atoms with Crippen molar-refractivity contribution in [2.24, 2.45) is 0 Å². The molecule has 0 aliphatic heterocycles. The van der Waals surface area contributed by atoms with Gasteiger partial charge in [-0.15, -0.1) is 0 Å². The van der Waals surface area contributed by atoms with Crippen molar-refractivity contribution >= 4 is 17.6 Å². The Morgan fingerprint density at radius 3 is 1.90 bits per heavy atom. The Morgan fingerprint density at radius 1 is 0.897 bits per heavy atom. The van der Waals surface area contributed by atoms with E-state index in [1.165, 1.54) is 0 Å². The van der Waals surface area contributed by atoms with E-state index < -0.39 is 18.1 Å². The van der Waals surface area contributed by atoms with Crippen molar-refractivity contribution in [3.8, 4) is 0 Å². The van der Waals surface area contributed by atoms with Crippen molar-refractivity contribution in [3.05, 3.63) is 107 Å². The van der Waals surface area contributed by atoms with Crippen LogP contribution in [-0.2, 0) is 9.53 Å². The van der Waals surface area contributed by atoms with Crippen LogP contribution in [0.4, 0.5) is 0 Å². The molecule has 0 aromatic heterocycles. The standard InChI is InChI=1S/C24H24ClNO3/c1-2-29-24(28)22(23(27)19-13-15-20(25)16-14-19)26-21(17-9-5-3-6-10-17)18-11-7-4-8-12-18/h3-16,21-23,26-27H,2H2,1H3/t22-,23-/m0/s1. The number of rotatable bonds is 8. The number of hydrogen-bond donors (Lipinski definition) is 2. The highest BCUT2D eigenvalue weighted by Crippen LogP contribution is 2.27. The first-order chi connectivity index (χ1) is 14.1. The van der Waals surface area contributed by atoms with Gasteiger partial charge in [-0.1, -0.05) is 84.4 Å². The van der Waals surface area contributed by atoms with Crippen LogP contribution in [0.5, 0.6) is 0 Å². The molecule has 5 heteroatoms. The van der Waals surface area contributed by atoms with Gasteiger partial charge in [0, 0.05) is 5.02 Å². The van der Waals surface area contributed by atoms with Crippen LogP contribution < -0.4 is 5.32 Å². The second kappa shape index (κ2) is 10.2. The molecule has 29 heavy (non-hydrogen) atoms. The Hall–Kier alpha value is -2.66. The van der Waals surface area contributed by atoms with Crippen molar-refractivity contribution < 1.29 is 14.6 Å². The molecule has 2 N–H and O–H groups in total. The molecular formula is C24H24ClNO3. The lowest BCUT2D eigenvalue weighted by molar-refractivity contribution is -0.149. The number of esters is 1. The summed E-state index contributed by atoms with van der Waals surface area (Å²) < 4.78 is 5.26. The van der Waals surface area contributed by atoms with Gasteiger partial charge in [0.25, 0.3) is 0 Å². The van der Waals surface area contributed by atoms with Crippen LogP contribution in [0, 0.1) is 0 Å². The van der Waals surface area contributed by atoms with E-state index in [0.717, 1.165) is 11.1 Å². The molecule has 2 atom stereocenters. The second-order valence-electron chi connectivity index (χ2n) is 6.65. The zero-order valence-electron chi connectivity index (χ0n) is 16.2. The van der Waals surface area contributed by atoms with E-state index in [1.54, 1.807) is 31.2 Å². The number of aliphatic hydroxyl groups is 1. The number of carbonyl (C=O) groups is 1. The van der Waals surface area contributed by atoms with Gasteiger partial charge in [-0.05, 0) is 35.7 Å². The van der Waals surface area contributed by atoms with Crippen molar-refractivity contribution in [2.45, 2.75) is 25.1 Å². The summed E-state index contributed by atoms with van der Waals surface area (Å²) in [7, 11) is 0. The van der Waals surface area contributed by atoms with Gasteiger partial charge in [-0.3, -0.25) is 10.1 Å². The minimum absolute atomic E-state index is 0.228. The van der Waals surface area contributed by atoms with Gasteiger partial charge in [-0.2, -0.15) is 0 Å². The number of aliphatic hydroxyl groups excluding tert-OH is 1. The first-order valence-electron chi connectivity index (χ1n) is 9.56. The minimum Gasteiger partial charge on any atom is -0.465 e. The summed E-state index contributed by atoms with van der Waals surface area (Å²) in [6.07, 6.45) is -1.10. The second-order valence-corrected chi connectivity index (χ2v) is 7.08. The number of carbonyl (C=O) groups excluding carboxylic acids is 1. The molecule has 0 amide bonds. The van der Waals surface area contributed by atoms with Gasteiger partial charge in [0.15, 0.2) is 0 Å². The smallest absolute Gasteiger partial charge is 0.326 e. The minimum atomic E-state index is -1.10. The summed E-state index contributed by atoms with van der Waals surface area (Å²) in [6.45, 7) is 1.97. The number of benzene rings is 3. The predicted molar refractivity (Wildman–Crippen MR) is 115 cm³/mol. The van der Waals surface area contributed by atoms with Gasteiger partial charge < -0.3 is 9.84 Å². The Labute approximate surface area is 176 Å². The van der Waals surface area contributed by atoms with Crippen molar-refractivity contribution in [3.63, 3.8) is 0 Å². The SMILES string of the molecule is CCOC(=O)[C@@H](NC(c1ccccc1)c1ccccc1)[C@@H](O)c1ccc(Cl)cc1. The van der Waals surface area contributed by atoms with E-state index in [-0.39, 0.29) is 12.6 Å². The first-order valence-corrected chi connectivity index (χ1v) is 9.94. The third-order valence-electron chi connectivity index (χ3n) is 4.68. The Balaban J connectivity index is 1.97. The van der Waals surface area contributed by atoms with Gasteiger partial charge in [-0.25, -0.2) is 0 Å². The molecule has 3 aromatic carbocycles. The molecule has 0 aliphatic rings. The molecule has 0 spiro atoms. The molecule has 4 nitrogen and oxygen atoms in total. The summed E-state index contributed by atoms with van der Waals surface area (Å²) in [5.41, 5.74) is 2.55. The van der Waals surface area contributed by atoms with E-state index in [1.807, 2.05) is 60.7 Å². The number of ether oxygens (including phenoxy) is 1. The summed E-state index contributed by atoms with van der Waals surface area (Å²) in [5.74, 6) is -0.508. The summed E-state index contributed by atoms with van der Waals surface area (Å²) in [4.78, 5) is 12.8. The highest BCUT2D eigenvalue weighted by molar-refractivity contribution is 6.30. The van der Waals surface area contributed by atoms with Gasteiger partial charge in [0.1, 0.15) is 12.1 Å². The highest BCUT2D eigenvalue weighted by atomic mass is 35.5. The molecule has 0 saturated heterocycles. The quantitative estimate of drug-likeness (QED) is 0.530. The number of halogens is 1. The van der Waals surface area contributed by atoms with Crippen LogP contribution in [0.2, 0.25) is 5.02 Å². The summed E-state index contributed by atoms with van der Waals surface area (Å²) >= 11 is 5.96. The average molecular weight is 410 g/mol. The van der Waals surface area contributed by atoms with E-state index >= 15 is 0 Å². The molecule has 0 heterocycles. The first kappa shape index (κ1) is 21.1. The maximum atomic E-state index is 12.8. The molecule has 0 radical (unpaired) electrons. The van der Waals surface area contributed by atoms with Crippen molar-refractivity contribution in [1.82, 2.24) is 5.32 Å². The fraction of sp³-hybridized carbons (Fsp3) is 0.208. The molecule has 0 bridgehead atoms. The zero-order chi connectivity index (χ0) is 20.6. The molecule has 3 rings (SSSR count). The lowest BCUT2D eigenvalue weighted by atomic mass is 9.95. The topological polar surface area (TPSA) is 58.6 Å². The largest absolute Gasteiger partial charge is 0.465 e. The lowest BCUT2D eigenvalue weighted by Gasteiger charge is -2.29. The number of nitrogens with one attached hydrogen (secondary N) is 1. The van der Waals surface area contributed by atoms with E-state index in [9.17, 15) is 9.90 Å². The predicted octanol–water partition coefficient (Wildman–Crippen LogP) is 4.68. The maximum absolute atomic E-state index is 12.8. The van der Waals surface area contributed by atoms with Gasteiger partial charge in [0.2, 0.25) is 0 Å². The fourth-order valence-corrected chi connectivity index (χ4v) is 3.35. The normalized spacial score (nSPS) is 13.1. The Bertz CT molecular complexity index is 861. The summed E-state index contributed by atoms with van der Waals surface area (Å²) in [5, 5.41) is 14.9. The molecule has 0 unspecified atom stereocenters. The Kier molecular flexibility index (Phi) is 7.42. The van der Waals surface area contributed by atoms with Crippen LogP contribution in [0.3, 0.4) is 0 Å². The highest BCUT2D eigenvalue weighted by Gasteiger charge is 2.32. The molecule has 3 aromatic rings. The maximum Gasteiger partial charge on any atom is 0.326 e. The van der Waals surface area contributed by atoms with E-state index in [2.05, 4.69) is 5.32 Å². The van der Waals surface area contributed by atoms with E-state index in [0.29, 0.717) is 10.6 Å². The van der Waals surface area contributed by atoms with Crippen molar-refractivity contribution in [2.75, 3.05) is 6.61 Å². The third-order valence-corrected chi connectivity index (χ3v) is 4.93.